The number of nitrogens with zero attached hydrogens (tertiary/aromatic N) is 2. The van der Waals surface area contributed by atoms with Gasteiger partial charge in [-0.15, -0.1) is 23.5 Å². The Morgan fingerprint density at radius 1 is 0.727 bits per heavy atom. The number of ether oxygens (including phenoxy) is 1. The van der Waals surface area contributed by atoms with E-state index < -0.39 is 0 Å². The minimum atomic E-state index is -0.129. The molecule has 7 nitrogen and oxygen atoms in total. The second-order valence-corrected chi connectivity index (χ2v) is 11.0. The van der Waals surface area contributed by atoms with Crippen molar-refractivity contribution in [1.82, 2.24) is 9.80 Å². The zero-order chi connectivity index (χ0) is 23.5. The van der Waals surface area contributed by atoms with Crippen LogP contribution in [-0.2, 0) is 14.3 Å². The van der Waals surface area contributed by atoms with E-state index in [-0.39, 0.29) is 44.6 Å². The van der Waals surface area contributed by atoms with Gasteiger partial charge >= 0.3 is 0 Å². The molecule has 2 aromatic carbocycles. The van der Waals surface area contributed by atoms with Crippen LogP contribution in [0.15, 0.2) is 48.5 Å². The van der Waals surface area contributed by atoms with E-state index in [1.165, 1.54) is 0 Å². The lowest BCUT2D eigenvalue weighted by molar-refractivity contribution is -0.130. The molecule has 4 unspecified atom stereocenters. The topological polar surface area (TPSA) is 90.3 Å². The molecule has 0 aliphatic carbocycles. The highest BCUT2D eigenvalue weighted by molar-refractivity contribution is 8.01. The molecule has 2 N–H and O–H groups in total. The van der Waals surface area contributed by atoms with Crippen molar-refractivity contribution in [2.45, 2.75) is 35.1 Å². The Balaban J connectivity index is 1.31. The number of hydrogen-bond donors (Lipinski definition) is 2. The SMILES string of the molecule is CC1SC(c2ccc(O)cc2)N(CCOCCN2C(=O)C(C)SC2c2ccc(O)cc2)C1=O. The Morgan fingerprint density at radius 3 is 1.45 bits per heavy atom. The van der Waals surface area contributed by atoms with Gasteiger partial charge in [0.05, 0.1) is 23.7 Å². The average Bonchev–Trinajstić information content (AvgIpc) is 3.25. The predicted octanol–water partition coefficient (Wildman–Crippen LogP) is 3.74. The monoisotopic (exact) mass is 488 g/mol. The van der Waals surface area contributed by atoms with Crippen LogP contribution >= 0.6 is 23.5 Å². The lowest BCUT2D eigenvalue weighted by atomic mass is 10.2. The Bertz CT molecular complexity index is 906. The van der Waals surface area contributed by atoms with Gasteiger partial charge in [-0.2, -0.15) is 0 Å². The quantitative estimate of drug-likeness (QED) is 0.547. The third kappa shape index (κ3) is 5.26. The number of carbonyl (C=O) groups excluding carboxylic acids is 2. The molecule has 9 heteroatoms. The van der Waals surface area contributed by atoms with Crippen LogP contribution in [0.5, 0.6) is 11.5 Å². The van der Waals surface area contributed by atoms with Crippen LogP contribution in [0.2, 0.25) is 0 Å². The van der Waals surface area contributed by atoms with Crippen molar-refractivity contribution in [3.8, 4) is 11.5 Å². The van der Waals surface area contributed by atoms with Crippen LogP contribution < -0.4 is 0 Å². The van der Waals surface area contributed by atoms with Gasteiger partial charge < -0.3 is 24.7 Å². The number of thioether (sulfide) groups is 2. The Morgan fingerprint density at radius 2 is 1.09 bits per heavy atom. The van der Waals surface area contributed by atoms with Crippen LogP contribution in [0.4, 0.5) is 0 Å². The molecule has 2 aromatic rings. The van der Waals surface area contributed by atoms with Gasteiger partial charge in [0.2, 0.25) is 11.8 Å². The van der Waals surface area contributed by atoms with Gasteiger partial charge in [-0.25, -0.2) is 0 Å². The fourth-order valence-corrected chi connectivity index (χ4v) is 6.64. The lowest BCUT2D eigenvalue weighted by Gasteiger charge is -2.26. The minimum absolute atomic E-state index is 0.0778. The number of benzene rings is 2. The smallest absolute Gasteiger partial charge is 0.236 e. The van der Waals surface area contributed by atoms with Crippen LogP contribution in [0.1, 0.15) is 35.7 Å². The standard InChI is InChI=1S/C24H28N2O5S2/c1-15-21(29)25(23(32-15)17-3-7-19(27)8-4-17)11-13-31-14-12-26-22(30)16(2)33-24(26)18-5-9-20(28)10-6-18/h3-10,15-16,23-24,27-28H,11-14H2,1-2H3. The molecule has 0 saturated carbocycles. The third-order valence-corrected chi connectivity index (χ3v) is 8.59. The molecule has 0 spiro atoms. The fraction of sp³-hybridized carbons (Fsp3) is 0.417. The number of hydrogen-bond acceptors (Lipinski definition) is 7. The summed E-state index contributed by atoms with van der Waals surface area (Å²) in [6.45, 7) is 5.49. The summed E-state index contributed by atoms with van der Waals surface area (Å²) in [5, 5.41) is 18.6. The van der Waals surface area contributed by atoms with Crippen molar-refractivity contribution in [3.63, 3.8) is 0 Å². The van der Waals surface area contributed by atoms with Crippen molar-refractivity contribution in [3.05, 3.63) is 59.7 Å². The number of rotatable bonds is 8. The number of aromatic hydroxyl groups is 2. The summed E-state index contributed by atoms with van der Waals surface area (Å²) in [6.07, 6.45) is 0. The highest BCUT2D eigenvalue weighted by Gasteiger charge is 2.39. The first-order valence-corrected chi connectivity index (χ1v) is 12.8. The highest BCUT2D eigenvalue weighted by atomic mass is 32.2. The third-order valence-electron chi connectivity index (χ3n) is 5.80. The summed E-state index contributed by atoms with van der Waals surface area (Å²) in [5.41, 5.74) is 1.95. The molecule has 4 rings (SSSR count). The predicted molar refractivity (Wildman–Crippen MR) is 130 cm³/mol. The molecule has 0 radical (unpaired) electrons. The van der Waals surface area contributed by atoms with E-state index in [1.807, 2.05) is 47.9 Å². The van der Waals surface area contributed by atoms with Gasteiger partial charge in [0, 0.05) is 13.1 Å². The second kappa shape index (κ2) is 10.3. The maximum absolute atomic E-state index is 12.7. The van der Waals surface area contributed by atoms with Gasteiger partial charge in [-0.05, 0) is 49.2 Å². The largest absolute Gasteiger partial charge is 0.508 e. The van der Waals surface area contributed by atoms with E-state index in [1.54, 1.807) is 47.8 Å². The first-order chi connectivity index (χ1) is 15.8. The van der Waals surface area contributed by atoms with Crippen LogP contribution in [0.3, 0.4) is 0 Å². The summed E-state index contributed by atoms with van der Waals surface area (Å²) >= 11 is 3.18. The van der Waals surface area contributed by atoms with Crippen LogP contribution in [-0.4, -0.2) is 68.6 Å². The van der Waals surface area contributed by atoms with Crippen molar-refractivity contribution < 1.29 is 24.5 Å². The maximum Gasteiger partial charge on any atom is 0.236 e. The molecular weight excluding hydrogens is 460 g/mol. The van der Waals surface area contributed by atoms with Gasteiger partial charge in [-0.1, -0.05) is 24.3 Å². The molecule has 2 aliphatic rings. The molecule has 0 aromatic heterocycles. The van der Waals surface area contributed by atoms with Crippen molar-refractivity contribution >= 4 is 35.3 Å². The van der Waals surface area contributed by atoms with Crippen molar-refractivity contribution in [2.24, 2.45) is 0 Å². The minimum Gasteiger partial charge on any atom is -0.508 e. The molecule has 33 heavy (non-hydrogen) atoms. The van der Waals surface area contributed by atoms with Gasteiger partial charge in [-0.3, -0.25) is 9.59 Å². The molecule has 0 bridgehead atoms. The van der Waals surface area contributed by atoms with E-state index in [4.69, 9.17) is 4.74 Å². The van der Waals surface area contributed by atoms with Gasteiger partial charge in [0.25, 0.3) is 0 Å². The maximum atomic E-state index is 12.7. The average molecular weight is 489 g/mol. The van der Waals surface area contributed by atoms with Gasteiger partial charge in [0.1, 0.15) is 22.2 Å². The molecule has 2 aliphatic heterocycles. The summed E-state index contributed by atoms with van der Waals surface area (Å²) in [6, 6.07) is 13.9. The molecule has 2 fully saturated rings. The number of phenols is 2. The molecular formula is C24H28N2O5S2. The van der Waals surface area contributed by atoms with E-state index >= 15 is 0 Å². The molecule has 176 valence electrons. The van der Waals surface area contributed by atoms with Gasteiger partial charge in [0.15, 0.2) is 0 Å². The van der Waals surface area contributed by atoms with Crippen molar-refractivity contribution in [2.75, 3.05) is 26.3 Å². The number of phenolic OH excluding ortho intramolecular Hbond substituents is 2. The Kier molecular flexibility index (Phi) is 7.41. The second-order valence-electron chi connectivity index (χ2n) is 8.12. The van der Waals surface area contributed by atoms with E-state index in [0.29, 0.717) is 26.3 Å². The highest BCUT2D eigenvalue weighted by Crippen LogP contribution is 2.44. The first-order valence-electron chi connectivity index (χ1n) is 10.9. The zero-order valence-electron chi connectivity index (χ0n) is 18.6. The number of carbonyl (C=O) groups is 2. The number of amides is 2. The van der Waals surface area contributed by atoms with E-state index in [9.17, 15) is 19.8 Å². The summed E-state index contributed by atoms with van der Waals surface area (Å²) < 4.78 is 5.85. The summed E-state index contributed by atoms with van der Waals surface area (Å²) in [5.74, 6) is 0.555. The molecule has 2 amide bonds. The van der Waals surface area contributed by atoms with Crippen molar-refractivity contribution in [1.29, 1.82) is 0 Å². The molecule has 2 saturated heterocycles. The lowest BCUT2D eigenvalue weighted by Crippen LogP contribution is -2.35. The normalized spacial score (nSPS) is 25.3. The Labute approximate surface area is 202 Å². The van der Waals surface area contributed by atoms with E-state index in [0.717, 1.165) is 11.1 Å². The summed E-state index contributed by atoms with van der Waals surface area (Å²) in [4.78, 5) is 29.0. The first kappa shape index (κ1) is 23.8. The molecule has 4 atom stereocenters. The van der Waals surface area contributed by atoms with E-state index in [2.05, 4.69) is 0 Å². The zero-order valence-corrected chi connectivity index (χ0v) is 20.2. The van der Waals surface area contributed by atoms with Crippen LogP contribution in [0.25, 0.3) is 0 Å². The van der Waals surface area contributed by atoms with Crippen LogP contribution in [0, 0.1) is 0 Å². The summed E-state index contributed by atoms with van der Waals surface area (Å²) in [7, 11) is 0. The molecule has 2 heterocycles. The fourth-order valence-electron chi connectivity index (χ4n) is 4.03. The Hall–Kier alpha value is -2.36.